The molecule has 0 aromatic heterocycles. The van der Waals surface area contributed by atoms with E-state index in [2.05, 4.69) is 21.2 Å². The lowest BCUT2D eigenvalue weighted by molar-refractivity contribution is 0.102. The number of anilines is 1. The number of carbonyl (C=O) groups excluding carboxylic acids is 1. The van der Waals surface area contributed by atoms with Crippen molar-refractivity contribution < 1.29 is 15.0 Å². The van der Waals surface area contributed by atoms with Crippen LogP contribution < -0.4 is 5.32 Å². The number of hydrogen-bond acceptors (Lipinski definition) is 3. The summed E-state index contributed by atoms with van der Waals surface area (Å²) in [6.07, 6.45) is 0. The van der Waals surface area contributed by atoms with Crippen LogP contribution in [0.3, 0.4) is 0 Å². The lowest BCUT2D eigenvalue weighted by atomic mass is 10.2. The maximum absolute atomic E-state index is 12.0. The summed E-state index contributed by atoms with van der Waals surface area (Å²) in [7, 11) is 0. The van der Waals surface area contributed by atoms with Gasteiger partial charge in [0.15, 0.2) is 5.75 Å². The molecule has 2 rings (SSSR count). The topological polar surface area (TPSA) is 69.6 Å². The van der Waals surface area contributed by atoms with Crippen molar-refractivity contribution in [3.63, 3.8) is 0 Å². The number of carbonyl (C=O) groups is 1. The largest absolute Gasteiger partial charge is 0.507 e. The van der Waals surface area contributed by atoms with Crippen molar-refractivity contribution in [3.8, 4) is 11.5 Å². The van der Waals surface area contributed by atoms with Gasteiger partial charge in [-0.15, -0.1) is 0 Å². The van der Waals surface area contributed by atoms with Crippen LogP contribution in [-0.4, -0.2) is 16.1 Å². The highest BCUT2D eigenvalue weighted by Gasteiger charge is 2.11. The second-order valence-electron chi connectivity index (χ2n) is 3.91. The van der Waals surface area contributed by atoms with Crippen LogP contribution in [0, 0.1) is 0 Å². The van der Waals surface area contributed by atoms with Crippen LogP contribution in [0.4, 0.5) is 5.69 Å². The minimum Gasteiger partial charge on any atom is -0.507 e. The zero-order chi connectivity index (χ0) is 14.9. The average molecular weight is 377 g/mol. The predicted molar refractivity (Wildman–Crippen MR) is 81.9 cm³/mol. The van der Waals surface area contributed by atoms with Crippen LogP contribution in [0.25, 0.3) is 0 Å². The Balaban J connectivity index is 2.25. The van der Waals surface area contributed by atoms with Crippen molar-refractivity contribution in [1.29, 1.82) is 0 Å². The number of halogens is 3. The molecule has 0 atom stereocenters. The summed E-state index contributed by atoms with van der Waals surface area (Å²) < 4.78 is 0.491. The van der Waals surface area contributed by atoms with E-state index in [4.69, 9.17) is 23.2 Å². The average Bonchev–Trinajstić information content (AvgIpc) is 2.39. The van der Waals surface area contributed by atoms with E-state index in [0.29, 0.717) is 10.2 Å². The molecule has 0 aliphatic carbocycles. The number of amides is 1. The summed E-state index contributed by atoms with van der Waals surface area (Å²) in [4.78, 5) is 12.0. The van der Waals surface area contributed by atoms with E-state index < -0.39 is 5.91 Å². The van der Waals surface area contributed by atoms with Crippen LogP contribution in [-0.2, 0) is 0 Å². The predicted octanol–water partition coefficient (Wildman–Crippen LogP) is 4.42. The Hall–Kier alpha value is -1.43. The van der Waals surface area contributed by atoms with Crippen LogP contribution >= 0.6 is 39.1 Å². The number of phenols is 2. The molecule has 2 aromatic rings. The standard InChI is InChI=1S/C13H8BrCl2NO3/c14-8-2-1-6(3-11(8)18)13(20)17-7-4-9(15)12(19)10(16)5-7/h1-5,18-19H,(H,17,20). The maximum Gasteiger partial charge on any atom is 0.255 e. The molecular formula is C13H8BrCl2NO3. The van der Waals surface area contributed by atoms with Gasteiger partial charge in [0.25, 0.3) is 5.91 Å². The molecular weight excluding hydrogens is 369 g/mol. The van der Waals surface area contributed by atoms with E-state index in [0.717, 1.165) is 0 Å². The Labute approximate surface area is 133 Å². The SMILES string of the molecule is O=C(Nc1cc(Cl)c(O)c(Cl)c1)c1ccc(Br)c(O)c1. The molecule has 0 saturated carbocycles. The van der Waals surface area contributed by atoms with E-state index in [1.165, 1.54) is 18.2 Å². The Morgan fingerprint density at radius 3 is 2.25 bits per heavy atom. The second-order valence-corrected chi connectivity index (χ2v) is 5.58. The zero-order valence-electron chi connectivity index (χ0n) is 9.82. The van der Waals surface area contributed by atoms with Gasteiger partial charge in [0.1, 0.15) is 5.75 Å². The molecule has 0 saturated heterocycles. The number of aromatic hydroxyl groups is 2. The molecule has 0 heterocycles. The number of nitrogens with one attached hydrogen (secondary N) is 1. The van der Waals surface area contributed by atoms with E-state index in [1.54, 1.807) is 12.1 Å². The molecule has 0 fully saturated rings. The first-order valence-corrected chi connectivity index (χ1v) is 6.91. The summed E-state index contributed by atoms with van der Waals surface area (Å²) in [5, 5.41) is 21.6. The molecule has 0 unspecified atom stereocenters. The van der Waals surface area contributed by atoms with Crippen molar-refractivity contribution >= 4 is 50.7 Å². The van der Waals surface area contributed by atoms with E-state index in [-0.39, 0.29) is 27.1 Å². The fraction of sp³-hybridized carbons (Fsp3) is 0. The van der Waals surface area contributed by atoms with Gasteiger partial charge in [-0.05, 0) is 46.3 Å². The third-order valence-electron chi connectivity index (χ3n) is 2.48. The molecule has 2 aromatic carbocycles. The van der Waals surface area contributed by atoms with E-state index in [1.807, 2.05) is 0 Å². The highest BCUT2D eigenvalue weighted by atomic mass is 79.9. The number of hydrogen-bond donors (Lipinski definition) is 3. The molecule has 4 nitrogen and oxygen atoms in total. The van der Waals surface area contributed by atoms with Crippen LogP contribution in [0.5, 0.6) is 11.5 Å². The second kappa shape index (κ2) is 5.91. The van der Waals surface area contributed by atoms with Gasteiger partial charge in [0.05, 0.1) is 14.5 Å². The number of benzene rings is 2. The van der Waals surface area contributed by atoms with Crippen molar-refractivity contribution in [2.75, 3.05) is 5.32 Å². The Morgan fingerprint density at radius 1 is 1.10 bits per heavy atom. The zero-order valence-corrected chi connectivity index (χ0v) is 12.9. The first kappa shape index (κ1) is 15.0. The minimum atomic E-state index is -0.439. The molecule has 20 heavy (non-hydrogen) atoms. The van der Waals surface area contributed by atoms with Gasteiger partial charge in [-0.3, -0.25) is 4.79 Å². The molecule has 0 radical (unpaired) electrons. The van der Waals surface area contributed by atoms with Gasteiger partial charge < -0.3 is 15.5 Å². The van der Waals surface area contributed by atoms with Gasteiger partial charge in [0, 0.05) is 11.3 Å². The summed E-state index contributed by atoms with van der Waals surface area (Å²) in [6.45, 7) is 0. The number of rotatable bonds is 2. The highest BCUT2D eigenvalue weighted by molar-refractivity contribution is 9.10. The molecule has 7 heteroatoms. The molecule has 104 valence electrons. The van der Waals surface area contributed by atoms with Gasteiger partial charge in [-0.25, -0.2) is 0 Å². The maximum atomic E-state index is 12.0. The van der Waals surface area contributed by atoms with Gasteiger partial charge in [-0.1, -0.05) is 23.2 Å². The monoisotopic (exact) mass is 375 g/mol. The number of phenolic OH excluding ortho intramolecular Hbond substituents is 2. The van der Waals surface area contributed by atoms with Gasteiger partial charge in [-0.2, -0.15) is 0 Å². The van der Waals surface area contributed by atoms with Crippen molar-refractivity contribution in [2.45, 2.75) is 0 Å². The molecule has 1 amide bonds. The first-order chi connectivity index (χ1) is 9.38. The lowest BCUT2D eigenvalue weighted by Gasteiger charge is -2.08. The molecule has 0 spiro atoms. The fourth-order valence-electron chi connectivity index (χ4n) is 1.49. The summed E-state index contributed by atoms with van der Waals surface area (Å²) in [6, 6.07) is 7.17. The van der Waals surface area contributed by atoms with Gasteiger partial charge >= 0.3 is 0 Å². The van der Waals surface area contributed by atoms with Crippen molar-refractivity contribution in [3.05, 3.63) is 50.4 Å². The summed E-state index contributed by atoms with van der Waals surface area (Å²) >= 11 is 14.7. The van der Waals surface area contributed by atoms with Crippen molar-refractivity contribution in [2.24, 2.45) is 0 Å². The molecule has 0 aliphatic rings. The summed E-state index contributed by atoms with van der Waals surface area (Å²) in [5.74, 6) is -0.724. The minimum absolute atomic E-state index is 0.0338. The smallest absolute Gasteiger partial charge is 0.255 e. The quantitative estimate of drug-likeness (QED) is 0.679. The van der Waals surface area contributed by atoms with Crippen LogP contribution in [0.1, 0.15) is 10.4 Å². The molecule has 0 aliphatic heterocycles. The lowest BCUT2D eigenvalue weighted by Crippen LogP contribution is -2.11. The third-order valence-corrected chi connectivity index (χ3v) is 3.73. The molecule has 3 N–H and O–H groups in total. The highest BCUT2D eigenvalue weighted by Crippen LogP contribution is 2.34. The Kier molecular flexibility index (Phi) is 4.42. The van der Waals surface area contributed by atoms with E-state index in [9.17, 15) is 15.0 Å². The van der Waals surface area contributed by atoms with E-state index >= 15 is 0 Å². The first-order valence-electron chi connectivity index (χ1n) is 5.36. The Bertz CT molecular complexity index is 668. The van der Waals surface area contributed by atoms with Crippen LogP contribution in [0.15, 0.2) is 34.8 Å². The van der Waals surface area contributed by atoms with Crippen molar-refractivity contribution in [1.82, 2.24) is 0 Å². The normalized spacial score (nSPS) is 10.3. The third kappa shape index (κ3) is 3.17. The molecule has 0 bridgehead atoms. The Morgan fingerprint density at radius 2 is 1.70 bits per heavy atom. The fourth-order valence-corrected chi connectivity index (χ4v) is 2.23. The van der Waals surface area contributed by atoms with Gasteiger partial charge in [0.2, 0.25) is 0 Å². The summed E-state index contributed by atoms with van der Waals surface area (Å²) in [5.41, 5.74) is 0.608. The van der Waals surface area contributed by atoms with Crippen LogP contribution in [0.2, 0.25) is 10.0 Å².